The molecule has 0 spiro atoms. The van der Waals surface area contributed by atoms with Gasteiger partial charge in [0.1, 0.15) is 17.5 Å². The minimum Gasteiger partial charge on any atom is -0.353 e. The second-order valence-electron chi connectivity index (χ2n) is 10.00. The Balaban J connectivity index is 0.00000353. The summed E-state index contributed by atoms with van der Waals surface area (Å²) in [4.78, 5) is 24.3. The van der Waals surface area contributed by atoms with Crippen molar-refractivity contribution in [3.05, 3.63) is 94.1 Å². The van der Waals surface area contributed by atoms with Gasteiger partial charge >= 0.3 is 0 Å². The van der Waals surface area contributed by atoms with Gasteiger partial charge in [0, 0.05) is 52.9 Å². The molecule has 0 saturated carbocycles. The van der Waals surface area contributed by atoms with Crippen LogP contribution in [0.15, 0.2) is 60.8 Å². The molecule has 9 heteroatoms. The summed E-state index contributed by atoms with van der Waals surface area (Å²) in [5.41, 5.74) is 2.21. The molecule has 0 radical (unpaired) electrons. The molecule has 1 amide bonds. The summed E-state index contributed by atoms with van der Waals surface area (Å²) in [5, 5.41) is 3.24. The Kier molecular flexibility index (Phi) is 8.51. The first-order valence-corrected chi connectivity index (χ1v) is 13.5. The second kappa shape index (κ2) is 12.2. The molecule has 0 aliphatic carbocycles. The Labute approximate surface area is 228 Å². The molecular formula is C29H34ClF2N5O. The van der Waals surface area contributed by atoms with E-state index in [1.54, 1.807) is 24.4 Å². The number of piperazine rings is 1. The highest BCUT2D eigenvalue weighted by Crippen LogP contribution is 2.27. The lowest BCUT2D eigenvalue weighted by Crippen LogP contribution is -2.53. The third-order valence-corrected chi connectivity index (χ3v) is 7.71. The van der Waals surface area contributed by atoms with Gasteiger partial charge in [-0.2, -0.15) is 0 Å². The van der Waals surface area contributed by atoms with Gasteiger partial charge in [0.2, 0.25) is 0 Å². The van der Waals surface area contributed by atoms with Crippen LogP contribution in [0.3, 0.4) is 0 Å². The van der Waals surface area contributed by atoms with Gasteiger partial charge in [-0.15, -0.1) is 0 Å². The maximum Gasteiger partial charge on any atom is 0.253 e. The van der Waals surface area contributed by atoms with E-state index in [-0.39, 0.29) is 25.5 Å². The molecule has 6 nitrogen and oxygen atoms in total. The fraction of sp³-hybridized carbons (Fsp3) is 0.379. The Morgan fingerprint density at radius 2 is 1.68 bits per heavy atom. The number of carbonyl (C=O) groups is 1. The fourth-order valence-electron chi connectivity index (χ4n) is 5.31. The van der Waals surface area contributed by atoms with E-state index >= 15 is 0 Å². The van der Waals surface area contributed by atoms with E-state index in [0.29, 0.717) is 28.0 Å². The highest BCUT2D eigenvalue weighted by atomic mass is 35.5. The Hall–Kier alpha value is -3.07. The first kappa shape index (κ1) is 26.5. The Morgan fingerprint density at radius 3 is 2.37 bits per heavy atom. The molecule has 1 N–H and O–H groups in total. The highest BCUT2D eigenvalue weighted by molar-refractivity contribution is 6.33. The van der Waals surface area contributed by atoms with Crippen molar-refractivity contribution in [3.63, 3.8) is 0 Å². The van der Waals surface area contributed by atoms with Gasteiger partial charge in [0.15, 0.2) is 0 Å². The molecule has 2 aromatic carbocycles. The number of halogens is 3. The molecule has 202 valence electrons. The number of likely N-dealkylation sites (tertiary alicyclic amines) is 1. The number of amides is 1. The van der Waals surface area contributed by atoms with Crippen LogP contribution in [0, 0.1) is 11.6 Å². The molecule has 2 aliphatic rings. The van der Waals surface area contributed by atoms with E-state index in [9.17, 15) is 13.6 Å². The van der Waals surface area contributed by atoms with E-state index in [2.05, 4.69) is 25.0 Å². The average molecular weight is 542 g/mol. The summed E-state index contributed by atoms with van der Waals surface area (Å²) in [7, 11) is 0. The van der Waals surface area contributed by atoms with Crippen LogP contribution in [0.5, 0.6) is 0 Å². The molecule has 5 rings (SSSR count). The van der Waals surface area contributed by atoms with E-state index < -0.39 is 0 Å². The summed E-state index contributed by atoms with van der Waals surface area (Å²) in [6.45, 7) is 6.71. The van der Waals surface area contributed by atoms with Gasteiger partial charge < -0.3 is 10.2 Å². The number of piperidine rings is 1. The van der Waals surface area contributed by atoms with Crippen molar-refractivity contribution in [1.82, 2.24) is 20.1 Å². The summed E-state index contributed by atoms with van der Waals surface area (Å²) in [5.74, 6) is -0.131. The molecule has 0 unspecified atom stereocenters. The van der Waals surface area contributed by atoms with Crippen molar-refractivity contribution in [3.8, 4) is 0 Å². The van der Waals surface area contributed by atoms with Crippen molar-refractivity contribution in [1.29, 1.82) is 0 Å². The molecule has 2 aliphatic heterocycles. The maximum atomic E-state index is 13.4. The molecule has 38 heavy (non-hydrogen) atoms. The smallest absolute Gasteiger partial charge is 0.253 e. The summed E-state index contributed by atoms with van der Waals surface area (Å²) in [6, 6.07) is 15.1. The number of aromatic nitrogens is 1. The average Bonchev–Trinajstić information content (AvgIpc) is 2.93. The molecule has 2 fully saturated rings. The van der Waals surface area contributed by atoms with Gasteiger partial charge in [0.25, 0.3) is 5.91 Å². The lowest BCUT2D eigenvalue weighted by molar-refractivity contribution is 0.0950. The van der Waals surface area contributed by atoms with E-state index in [1.165, 1.54) is 24.3 Å². The van der Waals surface area contributed by atoms with Crippen LogP contribution < -0.4 is 10.2 Å². The predicted octanol–water partition coefficient (Wildman–Crippen LogP) is 4.98. The topological polar surface area (TPSA) is 51.7 Å². The molecule has 1 aromatic heterocycles. The van der Waals surface area contributed by atoms with Gasteiger partial charge in [-0.05, 0) is 67.4 Å². The molecule has 3 heterocycles. The van der Waals surface area contributed by atoms with Crippen LogP contribution in [-0.2, 0) is 13.1 Å². The third-order valence-electron chi connectivity index (χ3n) is 7.43. The standard InChI is InChI=1S/C29H32ClF2N5O.H2/c30-27-17-23(29(38)34-18-22-2-1-3-25(32)16-22)19-33-28(27)37-14-12-36(13-15-37)26-8-10-35(11-9-26)20-21-4-6-24(31)7-5-21;/h1-7,16-17,19,26H,8-15,18,20H2,(H,34,38);1H. The number of nitrogens with one attached hydrogen (secondary N) is 1. The third kappa shape index (κ3) is 6.67. The summed E-state index contributed by atoms with van der Waals surface area (Å²) < 4.78 is 26.5. The second-order valence-corrected chi connectivity index (χ2v) is 10.4. The van der Waals surface area contributed by atoms with Crippen molar-refractivity contribution < 1.29 is 15.0 Å². The van der Waals surface area contributed by atoms with E-state index in [4.69, 9.17) is 11.6 Å². The number of benzene rings is 2. The van der Waals surface area contributed by atoms with Crippen LogP contribution in [0.4, 0.5) is 14.6 Å². The fourth-order valence-corrected chi connectivity index (χ4v) is 5.59. The number of pyridine rings is 1. The molecule has 0 bridgehead atoms. The van der Waals surface area contributed by atoms with E-state index in [0.717, 1.165) is 64.2 Å². The van der Waals surface area contributed by atoms with Crippen molar-refractivity contribution in [2.45, 2.75) is 32.0 Å². The molecular weight excluding hydrogens is 508 g/mol. The Bertz CT molecular complexity index is 1250. The number of anilines is 1. The van der Waals surface area contributed by atoms with Gasteiger partial charge in [0.05, 0.1) is 10.6 Å². The minimum absolute atomic E-state index is 0. The molecule has 2 saturated heterocycles. The number of hydrogen-bond acceptors (Lipinski definition) is 5. The maximum absolute atomic E-state index is 13.4. The van der Waals surface area contributed by atoms with Crippen molar-refractivity contribution in [2.24, 2.45) is 0 Å². The first-order chi connectivity index (χ1) is 18.4. The zero-order valence-electron chi connectivity index (χ0n) is 21.3. The molecule has 3 aromatic rings. The quantitative estimate of drug-likeness (QED) is 0.457. The molecule has 0 atom stereocenters. The van der Waals surface area contributed by atoms with Crippen LogP contribution >= 0.6 is 11.6 Å². The van der Waals surface area contributed by atoms with Crippen LogP contribution in [0.2, 0.25) is 5.02 Å². The zero-order chi connectivity index (χ0) is 26.5. The summed E-state index contributed by atoms with van der Waals surface area (Å²) in [6.07, 6.45) is 3.80. The monoisotopic (exact) mass is 541 g/mol. The van der Waals surface area contributed by atoms with Crippen molar-refractivity contribution in [2.75, 3.05) is 44.2 Å². The van der Waals surface area contributed by atoms with Crippen LogP contribution in [-0.4, -0.2) is 66.0 Å². The number of hydrogen-bond donors (Lipinski definition) is 1. The normalized spacial score (nSPS) is 17.5. The predicted molar refractivity (Wildman–Crippen MR) is 147 cm³/mol. The lowest BCUT2D eigenvalue weighted by Gasteiger charge is -2.43. The summed E-state index contributed by atoms with van der Waals surface area (Å²) >= 11 is 6.55. The van der Waals surface area contributed by atoms with Crippen LogP contribution in [0.1, 0.15) is 35.8 Å². The van der Waals surface area contributed by atoms with Crippen molar-refractivity contribution >= 4 is 23.3 Å². The Morgan fingerprint density at radius 1 is 0.947 bits per heavy atom. The minimum atomic E-state index is -0.335. The van der Waals surface area contributed by atoms with Gasteiger partial charge in [-0.3, -0.25) is 14.6 Å². The number of carbonyl (C=O) groups excluding carboxylic acids is 1. The van der Waals surface area contributed by atoms with Crippen LogP contribution in [0.25, 0.3) is 0 Å². The van der Waals surface area contributed by atoms with E-state index in [1.807, 2.05) is 12.1 Å². The SMILES string of the molecule is O=C(NCc1cccc(F)c1)c1cnc(N2CCN(C3CCN(Cc4ccc(F)cc4)CC3)CC2)c(Cl)c1.[HH]. The highest BCUT2D eigenvalue weighted by Gasteiger charge is 2.28. The van der Waals surface area contributed by atoms with Gasteiger partial charge in [-0.1, -0.05) is 35.9 Å². The first-order valence-electron chi connectivity index (χ1n) is 13.1. The largest absolute Gasteiger partial charge is 0.353 e. The number of rotatable bonds is 7. The lowest BCUT2D eigenvalue weighted by atomic mass is 10.0. The number of nitrogens with zero attached hydrogens (tertiary/aromatic N) is 4. The van der Waals surface area contributed by atoms with Gasteiger partial charge in [-0.25, -0.2) is 13.8 Å². The zero-order valence-corrected chi connectivity index (χ0v) is 22.0.